The van der Waals surface area contributed by atoms with Gasteiger partial charge in [0.05, 0.1) is 25.7 Å². The summed E-state index contributed by atoms with van der Waals surface area (Å²) in [6.45, 7) is 2.05. The molecule has 1 saturated heterocycles. The summed E-state index contributed by atoms with van der Waals surface area (Å²) >= 11 is 0. The van der Waals surface area contributed by atoms with Crippen molar-refractivity contribution in [3.63, 3.8) is 0 Å². The number of hydrogen-bond donors (Lipinski definition) is 1. The Morgan fingerprint density at radius 2 is 2.25 bits per heavy atom. The zero-order chi connectivity index (χ0) is 11.4. The average molecular weight is 228 g/mol. The quantitative estimate of drug-likeness (QED) is 0.753. The number of aliphatic carboxylic acids is 1. The van der Waals surface area contributed by atoms with E-state index in [2.05, 4.69) is 0 Å². The molecular formula is C12H20O4. The summed E-state index contributed by atoms with van der Waals surface area (Å²) in [5.74, 6) is -0.713. The second-order valence-electron chi connectivity index (χ2n) is 5.07. The third-order valence-electron chi connectivity index (χ3n) is 3.47. The lowest BCUT2D eigenvalue weighted by Crippen LogP contribution is -2.26. The molecule has 4 nitrogen and oxygen atoms in total. The first kappa shape index (κ1) is 11.9. The number of carboxylic acids is 1. The van der Waals surface area contributed by atoms with Gasteiger partial charge in [0.1, 0.15) is 0 Å². The van der Waals surface area contributed by atoms with Gasteiger partial charge in [-0.3, -0.25) is 4.79 Å². The van der Waals surface area contributed by atoms with Crippen LogP contribution in [-0.2, 0) is 14.3 Å². The summed E-state index contributed by atoms with van der Waals surface area (Å²) in [7, 11) is 0. The summed E-state index contributed by atoms with van der Waals surface area (Å²) in [6, 6.07) is 0. The van der Waals surface area contributed by atoms with Gasteiger partial charge in [-0.25, -0.2) is 0 Å². The van der Waals surface area contributed by atoms with Crippen molar-refractivity contribution in [1.29, 1.82) is 0 Å². The van der Waals surface area contributed by atoms with Crippen molar-refractivity contribution in [3.05, 3.63) is 0 Å². The van der Waals surface area contributed by atoms with Crippen molar-refractivity contribution in [2.45, 2.75) is 44.6 Å². The Morgan fingerprint density at radius 1 is 1.44 bits per heavy atom. The van der Waals surface area contributed by atoms with Gasteiger partial charge in [0, 0.05) is 12.0 Å². The van der Waals surface area contributed by atoms with Crippen molar-refractivity contribution in [2.24, 2.45) is 5.41 Å². The van der Waals surface area contributed by atoms with Crippen LogP contribution in [0.1, 0.15) is 38.5 Å². The molecule has 0 radical (unpaired) electrons. The number of ether oxygens (including phenoxy) is 2. The summed E-state index contributed by atoms with van der Waals surface area (Å²) in [6.07, 6.45) is 5.91. The fraction of sp³-hybridized carbons (Fsp3) is 0.917. The van der Waals surface area contributed by atoms with Gasteiger partial charge in [-0.15, -0.1) is 0 Å². The van der Waals surface area contributed by atoms with E-state index in [1.54, 1.807) is 0 Å². The lowest BCUT2D eigenvalue weighted by Gasteiger charge is -2.23. The molecule has 0 aromatic rings. The van der Waals surface area contributed by atoms with Crippen LogP contribution in [0.25, 0.3) is 0 Å². The summed E-state index contributed by atoms with van der Waals surface area (Å²) < 4.78 is 11.2. The molecule has 0 spiro atoms. The fourth-order valence-electron chi connectivity index (χ4n) is 2.22. The standard InChI is InChI=1S/C12H20O4/c13-11(14)7-12(4-5-12)9-15-8-10-3-1-2-6-16-10/h10H,1-9H2,(H,13,14). The molecular weight excluding hydrogens is 208 g/mol. The molecule has 2 aliphatic rings. The SMILES string of the molecule is O=C(O)CC1(COCC2CCCCO2)CC1. The smallest absolute Gasteiger partial charge is 0.303 e. The molecule has 4 heteroatoms. The van der Waals surface area contributed by atoms with E-state index in [9.17, 15) is 4.79 Å². The fourth-order valence-corrected chi connectivity index (χ4v) is 2.22. The van der Waals surface area contributed by atoms with E-state index in [-0.39, 0.29) is 17.9 Å². The van der Waals surface area contributed by atoms with E-state index in [1.165, 1.54) is 6.42 Å². The molecule has 1 aliphatic heterocycles. The van der Waals surface area contributed by atoms with Crippen LogP contribution in [0.15, 0.2) is 0 Å². The van der Waals surface area contributed by atoms with Gasteiger partial charge < -0.3 is 14.6 Å². The van der Waals surface area contributed by atoms with E-state index in [1.807, 2.05) is 0 Å². The molecule has 1 atom stereocenters. The van der Waals surface area contributed by atoms with Crippen molar-refractivity contribution in [3.8, 4) is 0 Å². The lowest BCUT2D eigenvalue weighted by molar-refractivity contribution is -0.139. The molecule has 1 saturated carbocycles. The number of hydrogen-bond acceptors (Lipinski definition) is 3. The Balaban J connectivity index is 1.62. The second kappa shape index (κ2) is 5.15. The summed E-state index contributed by atoms with van der Waals surface area (Å²) in [5, 5.41) is 8.76. The minimum Gasteiger partial charge on any atom is -0.481 e. The highest BCUT2D eigenvalue weighted by Gasteiger charge is 2.44. The van der Waals surface area contributed by atoms with Crippen molar-refractivity contribution in [2.75, 3.05) is 19.8 Å². The Kier molecular flexibility index (Phi) is 3.82. The topological polar surface area (TPSA) is 55.8 Å². The molecule has 1 aliphatic carbocycles. The van der Waals surface area contributed by atoms with Crippen LogP contribution < -0.4 is 0 Å². The largest absolute Gasteiger partial charge is 0.481 e. The first-order chi connectivity index (χ1) is 7.70. The van der Waals surface area contributed by atoms with Gasteiger partial charge in [-0.05, 0) is 32.1 Å². The molecule has 0 aromatic heterocycles. The minimum atomic E-state index is -0.713. The Morgan fingerprint density at radius 3 is 2.81 bits per heavy atom. The van der Waals surface area contributed by atoms with E-state index in [4.69, 9.17) is 14.6 Å². The predicted molar refractivity (Wildman–Crippen MR) is 58.3 cm³/mol. The molecule has 1 N–H and O–H groups in total. The Bertz CT molecular complexity index is 241. The first-order valence-electron chi connectivity index (χ1n) is 6.11. The van der Waals surface area contributed by atoms with Gasteiger partial charge in [0.15, 0.2) is 0 Å². The molecule has 1 unspecified atom stereocenters. The maximum absolute atomic E-state index is 10.6. The molecule has 2 rings (SSSR count). The average Bonchev–Trinajstić information content (AvgIpc) is 2.99. The lowest BCUT2D eigenvalue weighted by atomic mass is 10.0. The van der Waals surface area contributed by atoms with Gasteiger partial charge in [-0.2, -0.15) is 0 Å². The van der Waals surface area contributed by atoms with Gasteiger partial charge in [0.2, 0.25) is 0 Å². The zero-order valence-corrected chi connectivity index (χ0v) is 9.61. The first-order valence-corrected chi connectivity index (χ1v) is 6.11. The third-order valence-corrected chi connectivity index (χ3v) is 3.47. The molecule has 92 valence electrons. The van der Waals surface area contributed by atoms with Gasteiger partial charge >= 0.3 is 5.97 Å². The van der Waals surface area contributed by atoms with Crippen LogP contribution in [0.2, 0.25) is 0 Å². The highest BCUT2D eigenvalue weighted by Crippen LogP contribution is 2.48. The minimum absolute atomic E-state index is 0.0551. The normalized spacial score (nSPS) is 27.6. The third kappa shape index (κ3) is 3.46. The molecule has 0 aromatic carbocycles. The number of carboxylic acid groups (broad SMARTS) is 1. The van der Waals surface area contributed by atoms with E-state index >= 15 is 0 Å². The Labute approximate surface area is 95.9 Å². The molecule has 0 amide bonds. The van der Waals surface area contributed by atoms with Crippen LogP contribution in [-0.4, -0.2) is 37.0 Å². The van der Waals surface area contributed by atoms with Crippen LogP contribution in [0.3, 0.4) is 0 Å². The van der Waals surface area contributed by atoms with E-state index in [0.717, 1.165) is 32.3 Å². The zero-order valence-electron chi connectivity index (χ0n) is 9.61. The molecule has 1 heterocycles. The number of rotatable bonds is 6. The molecule has 0 bridgehead atoms. The maximum atomic E-state index is 10.6. The Hall–Kier alpha value is -0.610. The molecule has 16 heavy (non-hydrogen) atoms. The monoisotopic (exact) mass is 228 g/mol. The number of carbonyl (C=O) groups is 1. The van der Waals surface area contributed by atoms with Crippen LogP contribution in [0.4, 0.5) is 0 Å². The second-order valence-corrected chi connectivity index (χ2v) is 5.07. The van der Waals surface area contributed by atoms with Gasteiger partial charge in [0.25, 0.3) is 0 Å². The van der Waals surface area contributed by atoms with Crippen molar-refractivity contribution < 1.29 is 19.4 Å². The van der Waals surface area contributed by atoms with Crippen LogP contribution >= 0.6 is 0 Å². The van der Waals surface area contributed by atoms with Crippen molar-refractivity contribution in [1.82, 2.24) is 0 Å². The van der Waals surface area contributed by atoms with Crippen LogP contribution in [0, 0.1) is 5.41 Å². The summed E-state index contributed by atoms with van der Waals surface area (Å²) in [4.78, 5) is 10.6. The summed E-state index contributed by atoms with van der Waals surface area (Å²) in [5.41, 5.74) is -0.0551. The highest BCUT2D eigenvalue weighted by atomic mass is 16.5. The maximum Gasteiger partial charge on any atom is 0.303 e. The van der Waals surface area contributed by atoms with E-state index in [0.29, 0.717) is 13.2 Å². The van der Waals surface area contributed by atoms with Gasteiger partial charge in [-0.1, -0.05) is 0 Å². The van der Waals surface area contributed by atoms with Crippen LogP contribution in [0.5, 0.6) is 0 Å². The predicted octanol–water partition coefficient (Wildman–Crippen LogP) is 1.83. The van der Waals surface area contributed by atoms with Crippen molar-refractivity contribution >= 4 is 5.97 Å². The highest BCUT2D eigenvalue weighted by molar-refractivity contribution is 5.68. The van der Waals surface area contributed by atoms with E-state index < -0.39 is 5.97 Å². The molecule has 2 fully saturated rings.